The van der Waals surface area contributed by atoms with E-state index >= 15 is 0 Å². The minimum absolute atomic E-state index is 0.00201. The predicted molar refractivity (Wildman–Crippen MR) is 133 cm³/mol. The quantitative estimate of drug-likeness (QED) is 0.621. The van der Waals surface area contributed by atoms with Crippen LogP contribution in [0.5, 0.6) is 0 Å². The van der Waals surface area contributed by atoms with Crippen LogP contribution >= 0.6 is 0 Å². The van der Waals surface area contributed by atoms with Crippen LogP contribution in [0.4, 0.5) is 0 Å². The zero-order valence-electron chi connectivity index (χ0n) is 20.0. The molecule has 2 aromatic carbocycles. The van der Waals surface area contributed by atoms with Crippen molar-refractivity contribution in [2.45, 2.75) is 46.0 Å². The molecule has 0 bridgehead atoms. The van der Waals surface area contributed by atoms with Crippen LogP contribution in [0.15, 0.2) is 60.2 Å². The zero-order valence-corrected chi connectivity index (χ0v) is 20.8. The van der Waals surface area contributed by atoms with Crippen LogP contribution in [0.2, 0.25) is 0 Å². The lowest BCUT2D eigenvalue weighted by Crippen LogP contribution is -2.46. The fourth-order valence-electron chi connectivity index (χ4n) is 4.80. The van der Waals surface area contributed by atoms with Crippen LogP contribution in [-0.2, 0) is 26.0 Å². The third-order valence-electron chi connectivity index (χ3n) is 6.89. The van der Waals surface area contributed by atoms with E-state index in [-0.39, 0.29) is 16.4 Å². The van der Waals surface area contributed by atoms with Crippen molar-refractivity contribution < 1.29 is 18.0 Å². The number of amides is 2. The molecule has 2 heterocycles. The summed E-state index contributed by atoms with van der Waals surface area (Å²) in [4.78, 5) is 27.5. The molecule has 0 N–H and O–H groups in total. The van der Waals surface area contributed by atoms with Gasteiger partial charge in [0.2, 0.25) is 5.91 Å². The van der Waals surface area contributed by atoms with E-state index in [0.29, 0.717) is 30.5 Å². The largest absolute Gasteiger partial charge is 0.341 e. The zero-order chi connectivity index (χ0) is 24.5. The number of nitrogens with zero attached hydrogens (tertiary/aromatic N) is 2. The van der Waals surface area contributed by atoms with Crippen molar-refractivity contribution in [1.82, 2.24) is 9.21 Å². The Kier molecular flexibility index (Phi) is 6.94. The second-order valence-electron chi connectivity index (χ2n) is 9.56. The van der Waals surface area contributed by atoms with Crippen molar-refractivity contribution >= 4 is 26.7 Å². The van der Waals surface area contributed by atoms with Crippen LogP contribution in [0.3, 0.4) is 0 Å². The van der Waals surface area contributed by atoms with Gasteiger partial charge in [0.1, 0.15) is 11.4 Å². The molecule has 34 heavy (non-hydrogen) atoms. The fraction of sp³-hybridized carbons (Fsp3) is 0.407. The van der Waals surface area contributed by atoms with Crippen LogP contribution in [0.1, 0.15) is 56.2 Å². The highest BCUT2D eigenvalue weighted by Gasteiger charge is 2.43. The average molecular weight is 481 g/mol. The summed E-state index contributed by atoms with van der Waals surface area (Å²) >= 11 is 0. The van der Waals surface area contributed by atoms with Gasteiger partial charge in [0.15, 0.2) is 0 Å². The third kappa shape index (κ3) is 4.80. The Morgan fingerprint density at radius 3 is 2.21 bits per heavy atom. The summed E-state index contributed by atoms with van der Waals surface area (Å²) in [6, 6.07) is 17.5. The van der Waals surface area contributed by atoms with Gasteiger partial charge >= 0.3 is 0 Å². The van der Waals surface area contributed by atoms with Gasteiger partial charge in [0.05, 0.1) is 0 Å². The van der Waals surface area contributed by atoms with Crippen molar-refractivity contribution in [3.05, 3.63) is 76.9 Å². The first kappa shape index (κ1) is 24.2. The maximum absolute atomic E-state index is 13.3. The second kappa shape index (κ2) is 9.74. The Labute approximate surface area is 202 Å². The smallest absolute Gasteiger partial charge is 0.268 e. The van der Waals surface area contributed by atoms with Crippen LogP contribution in [-0.4, -0.2) is 49.1 Å². The molecule has 0 spiro atoms. The van der Waals surface area contributed by atoms with Gasteiger partial charge in [-0.05, 0) is 54.7 Å². The first-order valence-corrected chi connectivity index (χ1v) is 13.3. The minimum Gasteiger partial charge on any atom is -0.341 e. The summed E-state index contributed by atoms with van der Waals surface area (Å²) in [5, 5.41) is 0. The van der Waals surface area contributed by atoms with Gasteiger partial charge < -0.3 is 4.90 Å². The highest BCUT2D eigenvalue weighted by molar-refractivity contribution is 7.99. The van der Waals surface area contributed by atoms with Gasteiger partial charge in [-0.3, -0.25) is 9.59 Å². The van der Waals surface area contributed by atoms with E-state index in [0.717, 1.165) is 29.1 Å². The van der Waals surface area contributed by atoms with Gasteiger partial charge in [-0.1, -0.05) is 68.4 Å². The summed E-state index contributed by atoms with van der Waals surface area (Å²) < 4.78 is 27.3. The van der Waals surface area contributed by atoms with Gasteiger partial charge in [-0.2, -0.15) is 0 Å². The number of piperidine rings is 1. The molecule has 0 unspecified atom stereocenters. The number of likely N-dealkylation sites (tertiary alicyclic amines) is 1. The topological polar surface area (TPSA) is 74.8 Å². The molecule has 2 aliphatic rings. The fourth-order valence-corrected chi connectivity index (χ4v) is 6.56. The molecule has 2 aliphatic heterocycles. The number of hydrogen-bond donors (Lipinski definition) is 0. The SMILES string of the molecule is CC1=C(c2ccc(C(C)C)cc2)S(=O)(=O)N(CC(=O)N2CCC(Cc3ccccc3)CC2)C1=O. The molecule has 2 aromatic rings. The highest BCUT2D eigenvalue weighted by Crippen LogP contribution is 2.36. The van der Waals surface area contributed by atoms with E-state index in [1.807, 2.05) is 30.3 Å². The molecule has 0 atom stereocenters. The highest BCUT2D eigenvalue weighted by atomic mass is 32.2. The van der Waals surface area contributed by atoms with Crippen molar-refractivity contribution in [2.75, 3.05) is 19.6 Å². The monoisotopic (exact) mass is 480 g/mol. The van der Waals surface area contributed by atoms with E-state index < -0.39 is 22.5 Å². The molecular formula is C27H32N2O4S. The lowest BCUT2D eigenvalue weighted by molar-refractivity contribution is -0.136. The molecule has 0 radical (unpaired) electrons. The molecule has 1 saturated heterocycles. The van der Waals surface area contributed by atoms with E-state index in [1.165, 1.54) is 12.5 Å². The molecule has 0 saturated carbocycles. The Hall–Kier alpha value is -2.93. The molecule has 2 amide bonds. The van der Waals surface area contributed by atoms with Gasteiger partial charge in [-0.25, -0.2) is 12.7 Å². The molecule has 6 nitrogen and oxygen atoms in total. The first-order chi connectivity index (χ1) is 16.2. The third-order valence-corrected chi connectivity index (χ3v) is 8.82. The van der Waals surface area contributed by atoms with Crippen LogP contribution in [0.25, 0.3) is 4.91 Å². The van der Waals surface area contributed by atoms with Crippen LogP contribution in [0, 0.1) is 5.92 Å². The van der Waals surface area contributed by atoms with Gasteiger partial charge in [0, 0.05) is 18.7 Å². The number of benzene rings is 2. The molecule has 180 valence electrons. The Morgan fingerprint density at radius 2 is 1.62 bits per heavy atom. The van der Waals surface area contributed by atoms with Gasteiger partial charge in [-0.15, -0.1) is 0 Å². The van der Waals surface area contributed by atoms with Crippen molar-refractivity contribution in [2.24, 2.45) is 5.92 Å². The standard InChI is InChI=1S/C27H32N2O4S/c1-19(2)23-9-11-24(12-10-23)26-20(3)27(31)29(34(26,32)33)18-25(30)28-15-13-22(14-16-28)17-21-7-5-4-6-8-21/h4-12,19,22H,13-18H2,1-3H3. The first-order valence-electron chi connectivity index (χ1n) is 11.9. The summed E-state index contributed by atoms with van der Waals surface area (Å²) in [6.45, 7) is 6.35. The summed E-state index contributed by atoms with van der Waals surface area (Å²) in [7, 11) is -4.08. The molecular weight excluding hydrogens is 448 g/mol. The summed E-state index contributed by atoms with van der Waals surface area (Å²) in [5.41, 5.74) is 3.02. The minimum atomic E-state index is -4.08. The number of rotatable bonds is 6. The molecule has 0 aromatic heterocycles. The second-order valence-corrected chi connectivity index (χ2v) is 11.4. The molecule has 4 rings (SSSR count). The summed E-state index contributed by atoms with van der Waals surface area (Å²) in [5.74, 6) is -0.126. The van der Waals surface area contributed by atoms with Crippen LogP contribution < -0.4 is 0 Å². The Balaban J connectivity index is 1.41. The van der Waals surface area contributed by atoms with Crippen molar-refractivity contribution in [1.29, 1.82) is 0 Å². The van der Waals surface area contributed by atoms with Crippen molar-refractivity contribution in [3.8, 4) is 0 Å². The Bertz CT molecular complexity index is 1190. The predicted octanol–water partition coefficient (Wildman–Crippen LogP) is 4.19. The number of carbonyl (C=O) groups is 2. The van der Waals surface area contributed by atoms with E-state index in [1.54, 1.807) is 17.0 Å². The molecule has 0 aliphatic carbocycles. The van der Waals surface area contributed by atoms with Crippen molar-refractivity contribution in [3.63, 3.8) is 0 Å². The number of hydrogen-bond acceptors (Lipinski definition) is 4. The Morgan fingerprint density at radius 1 is 1.00 bits per heavy atom. The lowest BCUT2D eigenvalue weighted by atomic mass is 9.90. The maximum Gasteiger partial charge on any atom is 0.268 e. The van der Waals surface area contributed by atoms with Gasteiger partial charge in [0.25, 0.3) is 15.9 Å². The number of carbonyl (C=O) groups excluding carboxylic acids is 2. The molecule has 1 fully saturated rings. The molecule has 7 heteroatoms. The average Bonchev–Trinajstić information content (AvgIpc) is 2.99. The van der Waals surface area contributed by atoms with E-state index in [2.05, 4.69) is 26.0 Å². The van der Waals surface area contributed by atoms with E-state index in [4.69, 9.17) is 0 Å². The number of sulfonamides is 1. The lowest BCUT2D eigenvalue weighted by Gasteiger charge is -2.33. The van der Waals surface area contributed by atoms with E-state index in [9.17, 15) is 18.0 Å². The normalized spacial score (nSPS) is 18.8. The summed E-state index contributed by atoms with van der Waals surface area (Å²) in [6.07, 6.45) is 2.71. The maximum atomic E-state index is 13.3.